The Morgan fingerprint density at radius 2 is 1.53 bits per heavy atom. The lowest BCUT2D eigenvalue weighted by Crippen LogP contribution is -2.49. The molecular weight excluding hydrogens is 492 g/mol. The van der Waals surface area contributed by atoms with Crippen LogP contribution >= 0.6 is 0 Å². The Balaban J connectivity index is 1.52. The average Bonchev–Trinajstić information content (AvgIpc) is 2.83. The van der Waals surface area contributed by atoms with Crippen molar-refractivity contribution in [1.29, 1.82) is 0 Å². The molecule has 0 aromatic heterocycles. The summed E-state index contributed by atoms with van der Waals surface area (Å²) in [5.74, 6) is 2.57. The van der Waals surface area contributed by atoms with E-state index in [1.807, 2.05) is 12.1 Å². The largest absolute Gasteiger partial charge is 0.543 e. The smallest absolute Gasteiger partial charge is 0.337 e. The van der Waals surface area contributed by atoms with E-state index in [1.54, 1.807) is 18.2 Å². The van der Waals surface area contributed by atoms with Crippen LogP contribution in [0.25, 0.3) is 0 Å². The highest BCUT2D eigenvalue weighted by molar-refractivity contribution is 6.74. The van der Waals surface area contributed by atoms with Gasteiger partial charge in [-0.3, -0.25) is 4.79 Å². The number of carbonyl (C=O) groups excluding carboxylic acids is 2. The Morgan fingerprint density at radius 3 is 2.08 bits per heavy atom. The van der Waals surface area contributed by atoms with Crippen molar-refractivity contribution in [3.8, 4) is 5.75 Å². The van der Waals surface area contributed by atoms with E-state index in [0.717, 1.165) is 23.5 Å². The minimum atomic E-state index is -2.09. The van der Waals surface area contributed by atoms with Crippen LogP contribution in [-0.4, -0.2) is 27.3 Å². The molecule has 4 fully saturated rings. The molecule has 1 amide bonds. The molecule has 6 rings (SSSR count). The fourth-order valence-corrected chi connectivity index (χ4v) is 8.18. The van der Waals surface area contributed by atoms with Gasteiger partial charge in [0.15, 0.2) is 0 Å². The van der Waals surface area contributed by atoms with Gasteiger partial charge in [-0.25, -0.2) is 4.79 Å². The number of benzene rings is 2. The van der Waals surface area contributed by atoms with Gasteiger partial charge >= 0.3 is 5.97 Å². The SMILES string of the molecule is COC(=O)c1ccc(N)c(NC(=O)c2ccc(O[Si](C)(C)C(C)(C)C)c(C34CC5CC(CC(C5)C3)C4)c2)c1. The Bertz CT molecular complexity index is 1230. The summed E-state index contributed by atoms with van der Waals surface area (Å²) in [7, 11) is -0.756. The molecule has 4 aliphatic carbocycles. The Labute approximate surface area is 227 Å². The van der Waals surface area contributed by atoms with Gasteiger partial charge in [0, 0.05) is 5.56 Å². The summed E-state index contributed by atoms with van der Waals surface area (Å²) < 4.78 is 11.8. The lowest BCUT2D eigenvalue weighted by molar-refractivity contribution is -0.00588. The zero-order chi connectivity index (χ0) is 27.5. The molecule has 4 saturated carbocycles. The van der Waals surface area contributed by atoms with Gasteiger partial charge in [0.1, 0.15) is 5.75 Å². The zero-order valence-electron chi connectivity index (χ0n) is 23.6. The highest BCUT2D eigenvalue weighted by Gasteiger charge is 2.53. The van der Waals surface area contributed by atoms with Crippen LogP contribution in [0, 0.1) is 17.8 Å². The molecule has 204 valence electrons. The molecule has 0 saturated heterocycles. The van der Waals surface area contributed by atoms with Gasteiger partial charge in [-0.1, -0.05) is 20.8 Å². The first kappa shape index (κ1) is 26.8. The normalized spacial score (nSPS) is 26.2. The molecule has 0 heterocycles. The number of nitrogens with one attached hydrogen (secondary N) is 1. The molecule has 0 spiro atoms. The molecule has 2 aromatic rings. The third-order valence-corrected chi connectivity index (χ3v) is 14.1. The predicted molar refractivity (Wildman–Crippen MR) is 154 cm³/mol. The molecular formula is C31H42N2O4Si. The second kappa shape index (κ2) is 9.44. The first-order valence-electron chi connectivity index (χ1n) is 13.9. The van der Waals surface area contributed by atoms with Crippen LogP contribution in [0.4, 0.5) is 11.4 Å². The van der Waals surface area contributed by atoms with Gasteiger partial charge in [-0.2, -0.15) is 0 Å². The topological polar surface area (TPSA) is 90.6 Å². The lowest BCUT2D eigenvalue weighted by Gasteiger charge is -2.57. The predicted octanol–water partition coefficient (Wildman–Crippen LogP) is 7.16. The van der Waals surface area contributed by atoms with Crippen molar-refractivity contribution < 1.29 is 18.8 Å². The second-order valence-electron chi connectivity index (χ2n) is 13.5. The first-order chi connectivity index (χ1) is 17.8. The maximum atomic E-state index is 13.5. The summed E-state index contributed by atoms with van der Waals surface area (Å²) in [6.07, 6.45) is 7.62. The van der Waals surface area contributed by atoms with Crippen LogP contribution in [0.3, 0.4) is 0 Å². The Kier molecular flexibility index (Phi) is 6.65. The van der Waals surface area contributed by atoms with E-state index in [1.165, 1.54) is 51.2 Å². The van der Waals surface area contributed by atoms with Gasteiger partial charge in [0.05, 0.1) is 24.0 Å². The van der Waals surface area contributed by atoms with E-state index in [9.17, 15) is 9.59 Å². The fraction of sp³-hybridized carbons (Fsp3) is 0.548. The maximum Gasteiger partial charge on any atom is 0.337 e. The molecule has 0 radical (unpaired) electrons. The summed E-state index contributed by atoms with van der Waals surface area (Å²) in [5, 5.41) is 3.01. The van der Waals surface area contributed by atoms with Crippen molar-refractivity contribution in [2.24, 2.45) is 17.8 Å². The summed E-state index contributed by atoms with van der Waals surface area (Å²) in [6, 6.07) is 10.7. The molecule has 0 atom stereocenters. The number of hydrogen-bond donors (Lipinski definition) is 2. The third kappa shape index (κ3) is 4.85. The summed E-state index contributed by atoms with van der Waals surface area (Å²) >= 11 is 0. The molecule has 0 unspecified atom stereocenters. The maximum absolute atomic E-state index is 13.5. The number of ether oxygens (including phenoxy) is 1. The Morgan fingerprint density at radius 1 is 0.947 bits per heavy atom. The van der Waals surface area contributed by atoms with E-state index >= 15 is 0 Å². The number of methoxy groups -OCH3 is 1. The number of rotatable bonds is 6. The molecule has 3 N–H and O–H groups in total. The van der Waals surface area contributed by atoms with Crippen LogP contribution in [0.2, 0.25) is 18.1 Å². The lowest BCUT2D eigenvalue weighted by atomic mass is 9.48. The Hall–Kier alpha value is -2.80. The van der Waals surface area contributed by atoms with Gasteiger partial charge in [0.25, 0.3) is 5.91 Å². The highest BCUT2D eigenvalue weighted by Crippen LogP contribution is 2.62. The monoisotopic (exact) mass is 534 g/mol. The number of esters is 1. The van der Waals surface area contributed by atoms with Crippen LogP contribution in [-0.2, 0) is 10.2 Å². The fourth-order valence-electron chi connectivity index (χ4n) is 7.15. The van der Waals surface area contributed by atoms with E-state index in [2.05, 4.69) is 45.2 Å². The molecule has 6 nitrogen and oxygen atoms in total. The number of amides is 1. The van der Waals surface area contributed by atoms with Crippen molar-refractivity contribution in [1.82, 2.24) is 0 Å². The molecule has 4 bridgehead atoms. The minimum Gasteiger partial charge on any atom is -0.543 e. The quantitative estimate of drug-likeness (QED) is 0.233. The molecule has 4 aliphatic rings. The van der Waals surface area contributed by atoms with Crippen LogP contribution < -0.4 is 15.5 Å². The number of hydrogen-bond acceptors (Lipinski definition) is 5. The van der Waals surface area contributed by atoms with Crippen molar-refractivity contribution in [2.45, 2.75) is 82.8 Å². The first-order valence-corrected chi connectivity index (χ1v) is 16.8. The zero-order valence-corrected chi connectivity index (χ0v) is 24.6. The number of carbonyl (C=O) groups is 2. The summed E-state index contributed by atoms with van der Waals surface area (Å²) in [5.41, 5.74) is 9.15. The molecule has 38 heavy (non-hydrogen) atoms. The third-order valence-electron chi connectivity index (χ3n) is 9.75. The van der Waals surface area contributed by atoms with E-state index in [4.69, 9.17) is 14.9 Å². The van der Waals surface area contributed by atoms with Crippen molar-refractivity contribution in [2.75, 3.05) is 18.2 Å². The van der Waals surface area contributed by atoms with Gasteiger partial charge < -0.3 is 20.2 Å². The number of anilines is 2. The molecule has 7 heteroatoms. The molecule has 2 aromatic carbocycles. The van der Waals surface area contributed by atoms with Gasteiger partial charge in [-0.15, -0.1) is 0 Å². The van der Waals surface area contributed by atoms with Crippen LogP contribution in [0.5, 0.6) is 5.75 Å². The van der Waals surface area contributed by atoms with Crippen LogP contribution in [0.1, 0.15) is 85.6 Å². The van der Waals surface area contributed by atoms with E-state index in [0.29, 0.717) is 22.5 Å². The summed E-state index contributed by atoms with van der Waals surface area (Å²) in [4.78, 5) is 25.6. The van der Waals surface area contributed by atoms with Gasteiger partial charge in [-0.05, 0) is 122 Å². The van der Waals surface area contributed by atoms with Crippen molar-refractivity contribution in [3.63, 3.8) is 0 Å². The summed E-state index contributed by atoms with van der Waals surface area (Å²) in [6.45, 7) is 11.4. The highest BCUT2D eigenvalue weighted by atomic mass is 28.4. The average molecular weight is 535 g/mol. The van der Waals surface area contributed by atoms with Crippen LogP contribution in [0.15, 0.2) is 36.4 Å². The van der Waals surface area contributed by atoms with E-state index in [-0.39, 0.29) is 16.4 Å². The van der Waals surface area contributed by atoms with Crippen molar-refractivity contribution >= 4 is 31.6 Å². The standard InChI is InChI=1S/C31H42N2O4Si/c1-30(2,3)38(5,6)37-27-10-8-22(28(34)33-26-15-23(29(35)36-4)7-9-25(26)32)14-24(27)31-16-19-11-20(17-31)13-21(12-19)18-31/h7-10,14-15,19-21H,11-13,16-18,32H2,1-6H3,(H,33,34). The van der Waals surface area contributed by atoms with E-state index < -0.39 is 14.3 Å². The number of nitrogen functional groups attached to an aromatic ring is 1. The molecule has 0 aliphatic heterocycles. The van der Waals surface area contributed by atoms with Gasteiger partial charge in [0.2, 0.25) is 8.32 Å². The minimum absolute atomic E-state index is 0.0734. The van der Waals surface area contributed by atoms with Crippen molar-refractivity contribution in [3.05, 3.63) is 53.1 Å². The number of nitrogens with two attached hydrogens (primary N) is 1. The second-order valence-corrected chi connectivity index (χ2v) is 18.2.